The van der Waals surface area contributed by atoms with E-state index >= 15 is 0 Å². The van der Waals surface area contributed by atoms with Crippen LogP contribution in [0.1, 0.15) is 33.3 Å². The molecule has 0 spiro atoms. The van der Waals surface area contributed by atoms with Crippen LogP contribution < -0.4 is 5.73 Å². The molecule has 0 aliphatic heterocycles. The molecular formula is C14H30N2. The smallest absolute Gasteiger partial charge is 0.0227 e. The summed E-state index contributed by atoms with van der Waals surface area (Å²) < 4.78 is 0. The van der Waals surface area contributed by atoms with Crippen LogP contribution in [0.15, 0.2) is 30.3 Å². The Morgan fingerprint density at radius 3 is 1.56 bits per heavy atom. The van der Waals surface area contributed by atoms with Crippen LogP contribution in [-0.4, -0.2) is 26.0 Å². The molecule has 0 heterocycles. The standard InChI is InChI=1S/C9H13N.2C2H6.CH5N/c1-10(2)8-9-6-4-3-5-7-9;3*1-2/h3-7H,8H2,1-2H3;2*1-2H3;2H2,1H3. The third-order valence-corrected chi connectivity index (χ3v) is 1.34. The van der Waals surface area contributed by atoms with Crippen LogP contribution in [0.25, 0.3) is 0 Å². The zero-order valence-electron chi connectivity index (χ0n) is 12.1. The van der Waals surface area contributed by atoms with Crippen LogP contribution >= 0.6 is 0 Å². The first-order chi connectivity index (χ1) is 7.79. The summed E-state index contributed by atoms with van der Waals surface area (Å²) in [7, 11) is 5.65. The van der Waals surface area contributed by atoms with Crippen molar-refractivity contribution < 1.29 is 0 Å². The summed E-state index contributed by atoms with van der Waals surface area (Å²) in [5.74, 6) is 0. The lowest BCUT2D eigenvalue weighted by Crippen LogP contribution is -2.10. The van der Waals surface area contributed by atoms with Crippen LogP contribution in [0.2, 0.25) is 0 Å². The van der Waals surface area contributed by atoms with E-state index in [1.165, 1.54) is 12.6 Å². The highest BCUT2D eigenvalue weighted by atomic mass is 15.0. The Hall–Kier alpha value is -0.860. The molecular weight excluding hydrogens is 196 g/mol. The molecule has 16 heavy (non-hydrogen) atoms. The molecule has 1 rings (SSSR count). The van der Waals surface area contributed by atoms with Crippen molar-refractivity contribution in [1.29, 1.82) is 0 Å². The number of nitrogens with two attached hydrogens (primary N) is 1. The van der Waals surface area contributed by atoms with E-state index in [9.17, 15) is 0 Å². The predicted molar refractivity (Wildman–Crippen MR) is 76.6 cm³/mol. The maximum absolute atomic E-state index is 4.50. The fourth-order valence-electron chi connectivity index (χ4n) is 0.949. The Balaban J connectivity index is -0.000000245. The highest BCUT2D eigenvalue weighted by Gasteiger charge is 1.90. The molecule has 0 amide bonds. The summed E-state index contributed by atoms with van der Waals surface area (Å²) >= 11 is 0. The van der Waals surface area contributed by atoms with Gasteiger partial charge in [0.25, 0.3) is 0 Å². The normalized spacial score (nSPS) is 7.56. The van der Waals surface area contributed by atoms with Crippen molar-refractivity contribution in [2.24, 2.45) is 5.73 Å². The fourth-order valence-corrected chi connectivity index (χ4v) is 0.949. The first-order valence-electron chi connectivity index (χ1n) is 6.05. The third-order valence-electron chi connectivity index (χ3n) is 1.34. The number of hydrogen-bond donors (Lipinski definition) is 1. The topological polar surface area (TPSA) is 29.3 Å². The third kappa shape index (κ3) is 15.6. The average molecular weight is 226 g/mol. The van der Waals surface area contributed by atoms with Gasteiger partial charge in [-0.25, -0.2) is 0 Å². The Morgan fingerprint density at radius 1 is 0.875 bits per heavy atom. The lowest BCUT2D eigenvalue weighted by Gasteiger charge is -2.08. The largest absolute Gasteiger partial charge is 0.333 e. The SMILES string of the molecule is CC.CC.CN.CN(C)Cc1ccccc1. The van der Waals surface area contributed by atoms with E-state index in [2.05, 4.69) is 49.0 Å². The Morgan fingerprint density at radius 2 is 1.25 bits per heavy atom. The molecule has 1 aromatic rings. The number of nitrogens with zero attached hydrogens (tertiary/aromatic N) is 1. The monoisotopic (exact) mass is 226 g/mol. The quantitative estimate of drug-likeness (QED) is 0.837. The zero-order valence-corrected chi connectivity index (χ0v) is 12.1. The van der Waals surface area contributed by atoms with Gasteiger partial charge in [-0.05, 0) is 26.7 Å². The summed E-state index contributed by atoms with van der Waals surface area (Å²) in [6, 6.07) is 10.5. The summed E-state index contributed by atoms with van der Waals surface area (Å²) in [4.78, 5) is 2.16. The Kier molecular flexibility index (Phi) is 25.3. The van der Waals surface area contributed by atoms with Crippen molar-refractivity contribution in [3.05, 3.63) is 35.9 Å². The van der Waals surface area contributed by atoms with Crippen molar-refractivity contribution >= 4 is 0 Å². The molecule has 0 bridgehead atoms. The van der Waals surface area contributed by atoms with Gasteiger partial charge >= 0.3 is 0 Å². The maximum Gasteiger partial charge on any atom is 0.0227 e. The summed E-state index contributed by atoms with van der Waals surface area (Å²) in [5.41, 5.74) is 5.87. The van der Waals surface area contributed by atoms with Crippen LogP contribution in [0, 0.1) is 0 Å². The van der Waals surface area contributed by atoms with Gasteiger partial charge in [-0.15, -0.1) is 0 Å². The Bertz CT molecular complexity index is 183. The van der Waals surface area contributed by atoms with Gasteiger partial charge in [0.1, 0.15) is 0 Å². The van der Waals surface area contributed by atoms with E-state index < -0.39 is 0 Å². The molecule has 2 heteroatoms. The van der Waals surface area contributed by atoms with Gasteiger partial charge in [-0.2, -0.15) is 0 Å². The average Bonchev–Trinajstić information content (AvgIpc) is 2.37. The molecule has 0 saturated carbocycles. The van der Waals surface area contributed by atoms with Gasteiger partial charge in [-0.1, -0.05) is 58.0 Å². The molecule has 2 nitrogen and oxygen atoms in total. The fraction of sp³-hybridized carbons (Fsp3) is 0.571. The molecule has 0 fully saturated rings. The number of benzene rings is 1. The molecule has 0 unspecified atom stereocenters. The molecule has 0 saturated heterocycles. The first kappa shape index (κ1) is 20.5. The number of rotatable bonds is 2. The van der Waals surface area contributed by atoms with Crippen molar-refractivity contribution in [3.63, 3.8) is 0 Å². The Labute approximate surface area is 102 Å². The molecule has 0 aromatic heterocycles. The van der Waals surface area contributed by atoms with Crippen LogP contribution in [-0.2, 0) is 6.54 Å². The van der Waals surface area contributed by atoms with E-state index in [1.807, 2.05) is 33.8 Å². The molecule has 0 aliphatic rings. The highest BCUT2D eigenvalue weighted by molar-refractivity contribution is 5.14. The number of hydrogen-bond acceptors (Lipinski definition) is 2. The van der Waals surface area contributed by atoms with Crippen molar-refractivity contribution in [1.82, 2.24) is 4.90 Å². The summed E-state index contributed by atoms with van der Waals surface area (Å²) in [5, 5.41) is 0. The van der Waals surface area contributed by atoms with E-state index in [0.29, 0.717) is 0 Å². The van der Waals surface area contributed by atoms with Gasteiger partial charge in [0, 0.05) is 6.54 Å². The van der Waals surface area contributed by atoms with E-state index in [-0.39, 0.29) is 0 Å². The first-order valence-corrected chi connectivity index (χ1v) is 6.05. The van der Waals surface area contributed by atoms with Gasteiger partial charge in [0.15, 0.2) is 0 Å². The minimum Gasteiger partial charge on any atom is -0.333 e. The molecule has 2 N–H and O–H groups in total. The highest BCUT2D eigenvalue weighted by Crippen LogP contribution is 1.99. The molecule has 0 radical (unpaired) electrons. The van der Waals surface area contributed by atoms with Gasteiger partial charge in [0.2, 0.25) is 0 Å². The second-order valence-electron chi connectivity index (χ2n) is 2.72. The van der Waals surface area contributed by atoms with E-state index in [4.69, 9.17) is 0 Å². The maximum atomic E-state index is 4.50. The van der Waals surface area contributed by atoms with Crippen LogP contribution in [0.3, 0.4) is 0 Å². The molecule has 96 valence electrons. The summed E-state index contributed by atoms with van der Waals surface area (Å²) in [6.45, 7) is 9.03. The van der Waals surface area contributed by atoms with Crippen molar-refractivity contribution in [3.8, 4) is 0 Å². The van der Waals surface area contributed by atoms with Gasteiger partial charge in [0.05, 0.1) is 0 Å². The van der Waals surface area contributed by atoms with Gasteiger partial charge < -0.3 is 10.6 Å². The minimum atomic E-state index is 1.03. The molecule has 0 aliphatic carbocycles. The lowest BCUT2D eigenvalue weighted by molar-refractivity contribution is 0.402. The predicted octanol–water partition coefficient (Wildman–Crippen LogP) is 3.38. The van der Waals surface area contributed by atoms with Crippen LogP contribution in [0.4, 0.5) is 0 Å². The van der Waals surface area contributed by atoms with Crippen LogP contribution in [0.5, 0.6) is 0 Å². The lowest BCUT2D eigenvalue weighted by atomic mass is 10.2. The second kappa shape index (κ2) is 19.7. The molecule has 1 aromatic carbocycles. The second-order valence-corrected chi connectivity index (χ2v) is 2.72. The van der Waals surface area contributed by atoms with Crippen molar-refractivity contribution in [2.75, 3.05) is 21.1 Å². The van der Waals surface area contributed by atoms with E-state index in [0.717, 1.165) is 6.54 Å². The van der Waals surface area contributed by atoms with E-state index in [1.54, 1.807) is 0 Å². The van der Waals surface area contributed by atoms with Crippen molar-refractivity contribution in [2.45, 2.75) is 34.2 Å². The van der Waals surface area contributed by atoms with Gasteiger partial charge in [-0.3, -0.25) is 0 Å². The zero-order chi connectivity index (χ0) is 13.4. The molecule has 0 atom stereocenters. The summed E-state index contributed by atoms with van der Waals surface area (Å²) in [6.07, 6.45) is 0. The minimum absolute atomic E-state index is 1.03.